The molecular weight excluding hydrogens is 418 g/mol. The smallest absolute Gasteiger partial charge is 0.259 e. The van der Waals surface area contributed by atoms with Crippen molar-refractivity contribution in [1.29, 1.82) is 0 Å². The van der Waals surface area contributed by atoms with Crippen molar-refractivity contribution < 1.29 is 19.1 Å². The molecule has 0 spiro atoms. The van der Waals surface area contributed by atoms with E-state index in [1.165, 1.54) is 14.2 Å². The molecule has 0 radical (unpaired) electrons. The number of carbonyl (C=O) groups excluding carboxylic acids is 2. The third kappa shape index (κ3) is 4.09. The normalized spacial score (nSPS) is 13.4. The molecular formula is C23H22ClN3O4. The Bertz CT molecular complexity index is 1130. The Morgan fingerprint density at radius 3 is 2.42 bits per heavy atom. The molecule has 8 heteroatoms. The topological polar surface area (TPSA) is 72.8 Å². The van der Waals surface area contributed by atoms with Gasteiger partial charge in [-0.2, -0.15) is 0 Å². The first-order chi connectivity index (χ1) is 15.0. The molecule has 0 atom stereocenters. The van der Waals surface area contributed by atoms with Crippen molar-refractivity contribution in [1.82, 2.24) is 4.57 Å². The number of anilines is 2. The standard InChI is InChI=1S/C23H22ClN3O4/c1-30-20-14-19(26-9-3-4-10-26)17(24)13-16(20)23(29)25-15-7-8-18(21(12-15)31-2)27-11-5-6-22(27)28/h3-4,7-10,12-14H,5-6,11H2,1-2H3,(H,25,29). The largest absolute Gasteiger partial charge is 0.496 e. The van der Waals surface area contributed by atoms with Gasteiger partial charge in [-0.1, -0.05) is 11.6 Å². The minimum atomic E-state index is -0.371. The van der Waals surface area contributed by atoms with Gasteiger partial charge in [0.25, 0.3) is 5.91 Å². The van der Waals surface area contributed by atoms with Crippen LogP contribution < -0.4 is 19.7 Å². The van der Waals surface area contributed by atoms with Gasteiger partial charge in [0, 0.05) is 43.2 Å². The van der Waals surface area contributed by atoms with Gasteiger partial charge in [-0.25, -0.2) is 0 Å². The second kappa shape index (κ2) is 8.73. The highest BCUT2D eigenvalue weighted by Gasteiger charge is 2.25. The predicted molar refractivity (Wildman–Crippen MR) is 120 cm³/mol. The molecule has 2 aromatic carbocycles. The van der Waals surface area contributed by atoms with Crippen molar-refractivity contribution in [2.24, 2.45) is 0 Å². The van der Waals surface area contributed by atoms with Crippen LogP contribution in [0.15, 0.2) is 54.9 Å². The first-order valence-corrected chi connectivity index (χ1v) is 10.2. The van der Waals surface area contributed by atoms with Crippen molar-refractivity contribution in [3.63, 3.8) is 0 Å². The molecule has 0 saturated carbocycles. The summed E-state index contributed by atoms with van der Waals surface area (Å²) < 4.78 is 12.7. The summed E-state index contributed by atoms with van der Waals surface area (Å²) in [4.78, 5) is 26.8. The van der Waals surface area contributed by atoms with Crippen molar-refractivity contribution >= 4 is 34.8 Å². The van der Waals surface area contributed by atoms with E-state index in [0.29, 0.717) is 52.1 Å². The molecule has 0 aliphatic carbocycles. The molecule has 3 aromatic rings. The zero-order valence-corrected chi connectivity index (χ0v) is 18.0. The van der Waals surface area contributed by atoms with Crippen LogP contribution in [0.3, 0.4) is 0 Å². The maximum Gasteiger partial charge on any atom is 0.259 e. The summed E-state index contributed by atoms with van der Waals surface area (Å²) in [6.07, 6.45) is 5.07. The van der Waals surface area contributed by atoms with E-state index in [1.807, 2.05) is 29.1 Å². The van der Waals surface area contributed by atoms with E-state index in [0.717, 1.165) is 6.42 Å². The van der Waals surface area contributed by atoms with E-state index in [1.54, 1.807) is 35.2 Å². The first kappa shape index (κ1) is 20.8. The predicted octanol–water partition coefficient (Wildman–Crippen LogP) is 4.53. The number of ether oxygens (including phenoxy) is 2. The molecule has 1 N–H and O–H groups in total. The van der Waals surface area contributed by atoms with E-state index >= 15 is 0 Å². The fourth-order valence-electron chi connectivity index (χ4n) is 3.66. The Morgan fingerprint density at radius 1 is 1.03 bits per heavy atom. The maximum absolute atomic E-state index is 13.0. The highest BCUT2D eigenvalue weighted by Crippen LogP contribution is 2.35. The Morgan fingerprint density at radius 2 is 1.77 bits per heavy atom. The van der Waals surface area contributed by atoms with Gasteiger partial charge in [-0.15, -0.1) is 0 Å². The van der Waals surface area contributed by atoms with Crippen LogP contribution in [-0.2, 0) is 4.79 Å². The molecule has 0 unspecified atom stereocenters. The van der Waals surface area contributed by atoms with Gasteiger partial charge in [0.15, 0.2) is 0 Å². The average Bonchev–Trinajstić information content (AvgIpc) is 3.45. The first-order valence-electron chi connectivity index (χ1n) is 9.82. The van der Waals surface area contributed by atoms with Crippen molar-refractivity contribution in [3.05, 3.63) is 65.4 Å². The lowest BCUT2D eigenvalue weighted by atomic mass is 10.1. The zero-order valence-electron chi connectivity index (χ0n) is 17.2. The number of hydrogen-bond acceptors (Lipinski definition) is 4. The molecule has 0 bridgehead atoms. The van der Waals surface area contributed by atoms with Crippen molar-refractivity contribution in [3.8, 4) is 17.2 Å². The highest BCUT2D eigenvalue weighted by molar-refractivity contribution is 6.33. The van der Waals surface area contributed by atoms with E-state index in [9.17, 15) is 9.59 Å². The molecule has 4 rings (SSSR count). The Kier molecular flexibility index (Phi) is 5.86. The lowest BCUT2D eigenvalue weighted by molar-refractivity contribution is -0.117. The summed E-state index contributed by atoms with van der Waals surface area (Å²) in [5.74, 6) is 0.611. The van der Waals surface area contributed by atoms with Crippen molar-refractivity contribution in [2.45, 2.75) is 12.8 Å². The molecule has 2 heterocycles. The monoisotopic (exact) mass is 439 g/mol. The molecule has 1 aliphatic heterocycles. The van der Waals surface area contributed by atoms with E-state index in [-0.39, 0.29) is 11.8 Å². The molecule has 1 saturated heterocycles. The molecule has 31 heavy (non-hydrogen) atoms. The van der Waals surface area contributed by atoms with E-state index in [4.69, 9.17) is 21.1 Å². The molecule has 160 valence electrons. The van der Waals surface area contributed by atoms with Gasteiger partial charge in [-0.3, -0.25) is 9.59 Å². The number of rotatable bonds is 6. The molecule has 7 nitrogen and oxygen atoms in total. The quantitative estimate of drug-likeness (QED) is 0.612. The number of hydrogen-bond donors (Lipinski definition) is 1. The number of nitrogens with zero attached hydrogens (tertiary/aromatic N) is 2. The third-order valence-electron chi connectivity index (χ3n) is 5.20. The van der Waals surface area contributed by atoms with Crippen LogP contribution in [-0.4, -0.2) is 37.1 Å². The van der Waals surface area contributed by atoms with E-state index < -0.39 is 0 Å². The fraction of sp³-hybridized carbons (Fsp3) is 0.217. The minimum Gasteiger partial charge on any atom is -0.496 e. The van der Waals surface area contributed by atoms with Crippen LogP contribution in [0.1, 0.15) is 23.2 Å². The lowest BCUT2D eigenvalue weighted by Gasteiger charge is -2.20. The van der Waals surface area contributed by atoms with Crippen LogP contribution >= 0.6 is 11.6 Å². The zero-order chi connectivity index (χ0) is 22.0. The molecule has 1 aromatic heterocycles. The van der Waals surface area contributed by atoms with Gasteiger partial charge in [-0.05, 0) is 36.8 Å². The Hall–Kier alpha value is -3.45. The average molecular weight is 440 g/mol. The van der Waals surface area contributed by atoms with Crippen LogP contribution in [0.5, 0.6) is 11.5 Å². The number of benzene rings is 2. The van der Waals surface area contributed by atoms with Crippen LogP contribution in [0.4, 0.5) is 11.4 Å². The van der Waals surface area contributed by atoms with Crippen LogP contribution in [0.25, 0.3) is 5.69 Å². The van der Waals surface area contributed by atoms with E-state index in [2.05, 4.69) is 5.32 Å². The SMILES string of the molecule is COc1cc(-n2cccc2)c(Cl)cc1C(=O)Nc1ccc(N2CCCC2=O)c(OC)c1. The second-order valence-electron chi connectivity index (χ2n) is 7.08. The second-order valence-corrected chi connectivity index (χ2v) is 7.49. The number of amides is 2. The Labute approximate surface area is 185 Å². The summed E-state index contributed by atoms with van der Waals surface area (Å²) in [5, 5.41) is 3.27. The number of aromatic nitrogens is 1. The van der Waals surface area contributed by atoms with Gasteiger partial charge >= 0.3 is 0 Å². The molecule has 1 fully saturated rings. The number of carbonyl (C=O) groups is 2. The summed E-state index contributed by atoms with van der Waals surface area (Å²) in [7, 11) is 3.04. The summed E-state index contributed by atoms with van der Waals surface area (Å²) in [5.41, 5.74) is 2.24. The number of methoxy groups -OCH3 is 2. The Balaban J connectivity index is 1.61. The van der Waals surface area contributed by atoms with Gasteiger partial charge in [0.2, 0.25) is 5.91 Å². The lowest BCUT2D eigenvalue weighted by Crippen LogP contribution is -2.24. The van der Waals surface area contributed by atoms with Gasteiger partial charge < -0.3 is 24.3 Å². The molecule has 1 aliphatic rings. The van der Waals surface area contributed by atoms with Crippen LogP contribution in [0.2, 0.25) is 5.02 Å². The van der Waals surface area contributed by atoms with Gasteiger partial charge in [0.1, 0.15) is 11.5 Å². The number of nitrogens with one attached hydrogen (secondary N) is 1. The third-order valence-corrected chi connectivity index (χ3v) is 5.50. The number of halogens is 1. The van der Waals surface area contributed by atoms with Crippen molar-refractivity contribution in [2.75, 3.05) is 31.0 Å². The van der Waals surface area contributed by atoms with Crippen LogP contribution in [0, 0.1) is 0 Å². The summed E-state index contributed by atoms with van der Waals surface area (Å²) in [6.45, 7) is 0.657. The summed E-state index contributed by atoms with van der Waals surface area (Å²) in [6, 6.07) is 12.3. The highest BCUT2D eigenvalue weighted by atomic mass is 35.5. The fourth-order valence-corrected chi connectivity index (χ4v) is 3.92. The minimum absolute atomic E-state index is 0.0669. The van der Waals surface area contributed by atoms with Gasteiger partial charge in [0.05, 0.1) is 36.2 Å². The molecule has 2 amide bonds. The maximum atomic E-state index is 13.0. The summed E-state index contributed by atoms with van der Waals surface area (Å²) >= 11 is 6.44.